The number of carboxylic acid groups (broad SMARTS) is 1. The van der Waals surface area contributed by atoms with Gasteiger partial charge in [0.1, 0.15) is 12.4 Å². The summed E-state index contributed by atoms with van der Waals surface area (Å²) < 4.78 is 18.7. The van der Waals surface area contributed by atoms with E-state index < -0.39 is 23.9 Å². The normalized spacial score (nSPS) is 20.6. The number of carbonyl (C=O) groups is 2. The first-order valence-electron chi connectivity index (χ1n) is 7.59. The fourth-order valence-corrected chi connectivity index (χ4v) is 3.02. The minimum atomic E-state index is -1.22. The maximum absolute atomic E-state index is 13.5. The van der Waals surface area contributed by atoms with Gasteiger partial charge in [-0.2, -0.15) is 0 Å². The number of benzene rings is 2. The van der Waals surface area contributed by atoms with E-state index in [-0.39, 0.29) is 19.1 Å². The van der Waals surface area contributed by atoms with Crippen LogP contribution in [0.3, 0.4) is 0 Å². The SMILES string of the molecule is O=C(O)[C@H]1OCC(=O)N(Cc2cccc(F)c2)[C@@H]1c1ccc(Cl)cc1. The number of hydrogen-bond acceptors (Lipinski definition) is 3. The van der Waals surface area contributed by atoms with Gasteiger partial charge in [-0.15, -0.1) is 0 Å². The van der Waals surface area contributed by atoms with Crippen LogP contribution in [0.25, 0.3) is 0 Å². The first kappa shape index (κ1) is 17.4. The summed E-state index contributed by atoms with van der Waals surface area (Å²) in [6.07, 6.45) is -1.22. The van der Waals surface area contributed by atoms with Gasteiger partial charge in [-0.05, 0) is 35.4 Å². The van der Waals surface area contributed by atoms with Crippen molar-refractivity contribution in [3.05, 3.63) is 70.5 Å². The van der Waals surface area contributed by atoms with Crippen LogP contribution in [0.2, 0.25) is 5.02 Å². The second-order valence-electron chi connectivity index (χ2n) is 5.72. The summed E-state index contributed by atoms with van der Waals surface area (Å²) in [5, 5.41) is 9.99. The first-order valence-corrected chi connectivity index (χ1v) is 7.97. The zero-order chi connectivity index (χ0) is 18.0. The van der Waals surface area contributed by atoms with Crippen molar-refractivity contribution in [1.82, 2.24) is 4.90 Å². The third-order valence-electron chi connectivity index (χ3n) is 4.03. The molecule has 7 heteroatoms. The topological polar surface area (TPSA) is 66.8 Å². The van der Waals surface area contributed by atoms with Crippen LogP contribution in [0.5, 0.6) is 0 Å². The molecule has 1 aliphatic heterocycles. The lowest BCUT2D eigenvalue weighted by molar-refractivity contribution is -0.174. The summed E-state index contributed by atoms with van der Waals surface area (Å²) in [6.45, 7) is -0.257. The van der Waals surface area contributed by atoms with Gasteiger partial charge in [0.05, 0.1) is 6.04 Å². The number of ether oxygens (including phenoxy) is 1. The Balaban J connectivity index is 1.99. The summed E-state index contributed by atoms with van der Waals surface area (Å²) in [4.78, 5) is 25.4. The molecule has 0 spiro atoms. The van der Waals surface area contributed by atoms with E-state index in [1.54, 1.807) is 36.4 Å². The van der Waals surface area contributed by atoms with Gasteiger partial charge in [0.15, 0.2) is 6.10 Å². The van der Waals surface area contributed by atoms with Crippen molar-refractivity contribution in [2.45, 2.75) is 18.7 Å². The standard InChI is InChI=1S/C18H15ClFNO4/c19-13-6-4-12(5-7-13)16-17(18(23)24)25-10-15(22)21(16)9-11-2-1-3-14(20)8-11/h1-8,16-17H,9-10H2,(H,23,24)/t16-,17+/m1/s1. The molecule has 0 bridgehead atoms. The number of carboxylic acids is 1. The van der Waals surface area contributed by atoms with E-state index in [2.05, 4.69) is 0 Å². The van der Waals surface area contributed by atoms with E-state index in [1.807, 2.05) is 0 Å². The molecule has 1 aliphatic rings. The molecule has 1 N–H and O–H groups in total. The molecular weight excluding hydrogens is 349 g/mol. The second kappa shape index (κ2) is 7.21. The Kier molecular flexibility index (Phi) is 5.01. The lowest BCUT2D eigenvalue weighted by atomic mass is 9.97. The number of morpholine rings is 1. The molecule has 0 saturated carbocycles. The van der Waals surface area contributed by atoms with E-state index in [0.717, 1.165) is 0 Å². The van der Waals surface area contributed by atoms with Crippen molar-refractivity contribution in [3.63, 3.8) is 0 Å². The van der Waals surface area contributed by atoms with Crippen molar-refractivity contribution in [2.24, 2.45) is 0 Å². The lowest BCUT2D eigenvalue weighted by Gasteiger charge is -2.39. The molecule has 1 heterocycles. The van der Waals surface area contributed by atoms with Gasteiger partial charge < -0.3 is 14.7 Å². The minimum Gasteiger partial charge on any atom is -0.479 e. The first-order chi connectivity index (χ1) is 12.0. The third kappa shape index (κ3) is 3.81. The third-order valence-corrected chi connectivity index (χ3v) is 4.28. The molecule has 130 valence electrons. The van der Waals surface area contributed by atoms with Crippen LogP contribution in [0, 0.1) is 5.82 Å². The van der Waals surface area contributed by atoms with Crippen molar-refractivity contribution in [3.8, 4) is 0 Å². The summed E-state index contributed by atoms with van der Waals surface area (Å²) in [7, 11) is 0. The minimum absolute atomic E-state index is 0.0804. The molecule has 1 amide bonds. The number of nitrogens with zero attached hydrogens (tertiary/aromatic N) is 1. The molecule has 2 aromatic carbocycles. The molecule has 2 atom stereocenters. The number of rotatable bonds is 4. The van der Waals surface area contributed by atoms with Gasteiger partial charge in [0.25, 0.3) is 0 Å². The monoisotopic (exact) mass is 363 g/mol. The molecular formula is C18H15ClFNO4. The molecule has 1 saturated heterocycles. The van der Waals surface area contributed by atoms with Crippen LogP contribution in [-0.2, 0) is 20.9 Å². The Morgan fingerprint density at radius 1 is 1.28 bits per heavy atom. The largest absolute Gasteiger partial charge is 0.479 e. The molecule has 3 rings (SSSR count). The lowest BCUT2D eigenvalue weighted by Crippen LogP contribution is -2.51. The van der Waals surface area contributed by atoms with E-state index in [1.165, 1.54) is 17.0 Å². The number of amides is 1. The fraction of sp³-hybridized carbons (Fsp3) is 0.222. The highest BCUT2D eigenvalue weighted by molar-refractivity contribution is 6.30. The molecule has 0 unspecified atom stereocenters. The van der Waals surface area contributed by atoms with Crippen LogP contribution < -0.4 is 0 Å². The highest BCUT2D eigenvalue weighted by Gasteiger charge is 2.41. The molecule has 0 aromatic heterocycles. The van der Waals surface area contributed by atoms with E-state index in [0.29, 0.717) is 16.1 Å². The number of carbonyl (C=O) groups excluding carboxylic acids is 1. The van der Waals surface area contributed by atoms with Gasteiger partial charge in [-0.25, -0.2) is 9.18 Å². The fourth-order valence-electron chi connectivity index (χ4n) is 2.89. The molecule has 0 aliphatic carbocycles. The highest BCUT2D eigenvalue weighted by atomic mass is 35.5. The number of aliphatic carboxylic acids is 1. The van der Waals surface area contributed by atoms with Crippen molar-refractivity contribution in [2.75, 3.05) is 6.61 Å². The summed E-state index contributed by atoms with van der Waals surface area (Å²) in [5.41, 5.74) is 1.15. The van der Waals surface area contributed by atoms with Crippen LogP contribution in [0.1, 0.15) is 17.2 Å². The highest BCUT2D eigenvalue weighted by Crippen LogP contribution is 2.32. The van der Waals surface area contributed by atoms with E-state index in [9.17, 15) is 19.1 Å². The molecule has 1 fully saturated rings. The summed E-state index contributed by atoms with van der Waals surface area (Å²) >= 11 is 5.89. The van der Waals surface area contributed by atoms with Crippen LogP contribution in [0.15, 0.2) is 48.5 Å². The van der Waals surface area contributed by atoms with Gasteiger partial charge in [-0.3, -0.25) is 4.79 Å². The maximum atomic E-state index is 13.5. The van der Waals surface area contributed by atoms with Crippen molar-refractivity contribution >= 4 is 23.5 Å². The smallest absolute Gasteiger partial charge is 0.335 e. The Hall–Kier alpha value is -2.44. The van der Waals surface area contributed by atoms with Crippen molar-refractivity contribution in [1.29, 1.82) is 0 Å². The average Bonchev–Trinajstić information content (AvgIpc) is 2.57. The number of halogens is 2. The van der Waals surface area contributed by atoms with Crippen molar-refractivity contribution < 1.29 is 23.8 Å². The van der Waals surface area contributed by atoms with Gasteiger partial charge in [-0.1, -0.05) is 35.9 Å². The quantitative estimate of drug-likeness (QED) is 0.906. The molecule has 0 radical (unpaired) electrons. The average molecular weight is 364 g/mol. The van der Waals surface area contributed by atoms with Gasteiger partial charge in [0.2, 0.25) is 5.91 Å². The predicted octanol–water partition coefficient (Wildman–Crippen LogP) is 3.03. The maximum Gasteiger partial charge on any atom is 0.335 e. The predicted molar refractivity (Wildman–Crippen MR) is 88.5 cm³/mol. The van der Waals surface area contributed by atoms with E-state index >= 15 is 0 Å². The Morgan fingerprint density at radius 2 is 2.00 bits per heavy atom. The molecule has 25 heavy (non-hydrogen) atoms. The zero-order valence-corrected chi connectivity index (χ0v) is 13.8. The Bertz CT molecular complexity index is 796. The van der Waals surface area contributed by atoms with Gasteiger partial charge >= 0.3 is 5.97 Å². The van der Waals surface area contributed by atoms with Crippen LogP contribution >= 0.6 is 11.6 Å². The summed E-state index contributed by atoms with van der Waals surface area (Å²) in [5.74, 6) is -1.95. The molecule has 2 aromatic rings. The number of hydrogen-bond donors (Lipinski definition) is 1. The van der Waals surface area contributed by atoms with Gasteiger partial charge in [0, 0.05) is 11.6 Å². The van der Waals surface area contributed by atoms with E-state index in [4.69, 9.17) is 16.3 Å². The van der Waals surface area contributed by atoms with Crippen LogP contribution in [-0.4, -0.2) is 34.6 Å². The zero-order valence-electron chi connectivity index (χ0n) is 13.1. The Labute approximate surface area is 148 Å². The Morgan fingerprint density at radius 3 is 2.64 bits per heavy atom. The summed E-state index contributed by atoms with van der Waals surface area (Å²) in [6, 6.07) is 11.6. The van der Waals surface area contributed by atoms with Crippen LogP contribution in [0.4, 0.5) is 4.39 Å². The second-order valence-corrected chi connectivity index (χ2v) is 6.15. The molecule has 5 nitrogen and oxygen atoms in total.